The normalized spacial score (nSPS) is 10.5. The van der Waals surface area contributed by atoms with Crippen LogP contribution >= 0.6 is 0 Å². The van der Waals surface area contributed by atoms with E-state index in [0.29, 0.717) is 11.1 Å². The van der Waals surface area contributed by atoms with E-state index in [1.807, 2.05) is 48.5 Å². The third kappa shape index (κ3) is 2.36. The third-order valence-corrected chi connectivity index (χ3v) is 4.41. The van der Waals surface area contributed by atoms with E-state index >= 15 is 0 Å². The van der Waals surface area contributed by atoms with Gasteiger partial charge in [-0.3, -0.25) is 0 Å². The van der Waals surface area contributed by atoms with E-state index in [-0.39, 0.29) is 5.75 Å². The Morgan fingerprint density at radius 2 is 1.32 bits per heavy atom. The number of rotatable bonds is 1. The minimum absolute atomic E-state index is 0.189. The van der Waals surface area contributed by atoms with Crippen LogP contribution in [0.1, 0.15) is 11.1 Å². The Morgan fingerprint density at radius 3 is 2.00 bits per heavy atom. The fourth-order valence-corrected chi connectivity index (χ4v) is 3.24. The first-order valence-corrected chi connectivity index (χ1v) is 7.80. The standard InChI is InChI=1S/C22H12N2O/c23-12-14-4-7-18-16(10-14)2-1-3-20(18)22-19-8-5-15(13-24)11-17(19)6-9-21(22)25/h1-11,25H. The molecular weight excluding hydrogens is 308 g/mol. The van der Waals surface area contributed by atoms with Crippen molar-refractivity contribution in [3.05, 3.63) is 77.9 Å². The van der Waals surface area contributed by atoms with Gasteiger partial charge in [-0.1, -0.05) is 36.4 Å². The predicted octanol–water partition coefficient (Wildman–Crippen LogP) is 5.11. The number of hydrogen-bond donors (Lipinski definition) is 1. The summed E-state index contributed by atoms with van der Waals surface area (Å²) in [5, 5.41) is 32.4. The smallest absolute Gasteiger partial charge is 0.124 e. The van der Waals surface area contributed by atoms with Crippen LogP contribution in [-0.4, -0.2) is 5.11 Å². The molecule has 3 heteroatoms. The zero-order valence-corrected chi connectivity index (χ0v) is 13.2. The first-order chi connectivity index (χ1) is 12.2. The molecule has 0 bridgehead atoms. The number of nitrogens with zero attached hydrogens (tertiary/aromatic N) is 2. The summed E-state index contributed by atoms with van der Waals surface area (Å²) in [7, 11) is 0. The van der Waals surface area contributed by atoms with Gasteiger partial charge < -0.3 is 5.11 Å². The Hall–Kier alpha value is -3.82. The number of fused-ring (bicyclic) bond motifs is 2. The van der Waals surface area contributed by atoms with E-state index in [1.165, 1.54) is 0 Å². The molecule has 116 valence electrons. The van der Waals surface area contributed by atoms with Crippen LogP contribution in [0.4, 0.5) is 0 Å². The van der Waals surface area contributed by atoms with E-state index < -0.39 is 0 Å². The molecule has 0 saturated heterocycles. The van der Waals surface area contributed by atoms with Crippen molar-refractivity contribution in [3.8, 4) is 29.0 Å². The van der Waals surface area contributed by atoms with Crippen molar-refractivity contribution in [2.24, 2.45) is 0 Å². The van der Waals surface area contributed by atoms with Crippen molar-refractivity contribution in [1.29, 1.82) is 10.5 Å². The highest BCUT2D eigenvalue weighted by molar-refractivity contribution is 6.07. The van der Waals surface area contributed by atoms with Crippen LogP contribution in [0, 0.1) is 22.7 Å². The largest absolute Gasteiger partial charge is 0.507 e. The highest BCUT2D eigenvalue weighted by Crippen LogP contribution is 2.40. The molecule has 0 atom stereocenters. The van der Waals surface area contributed by atoms with Crippen LogP contribution in [-0.2, 0) is 0 Å². The van der Waals surface area contributed by atoms with E-state index in [2.05, 4.69) is 12.1 Å². The average Bonchev–Trinajstić information content (AvgIpc) is 2.66. The summed E-state index contributed by atoms with van der Waals surface area (Å²) >= 11 is 0. The lowest BCUT2D eigenvalue weighted by molar-refractivity contribution is 0.478. The van der Waals surface area contributed by atoms with Crippen LogP contribution in [0.3, 0.4) is 0 Å². The Morgan fingerprint density at radius 1 is 0.680 bits per heavy atom. The van der Waals surface area contributed by atoms with Crippen LogP contribution in [0.25, 0.3) is 32.7 Å². The lowest BCUT2D eigenvalue weighted by Crippen LogP contribution is -1.87. The molecule has 0 spiro atoms. The molecule has 0 aliphatic heterocycles. The first-order valence-electron chi connectivity index (χ1n) is 7.80. The summed E-state index contributed by atoms with van der Waals surface area (Å²) in [5.41, 5.74) is 2.82. The second-order valence-electron chi connectivity index (χ2n) is 5.86. The van der Waals surface area contributed by atoms with E-state index in [9.17, 15) is 5.11 Å². The number of phenolic OH excluding ortho intramolecular Hbond substituents is 1. The molecule has 0 unspecified atom stereocenters. The molecule has 0 radical (unpaired) electrons. The minimum Gasteiger partial charge on any atom is -0.507 e. The van der Waals surface area contributed by atoms with Gasteiger partial charge in [-0.15, -0.1) is 0 Å². The summed E-state index contributed by atoms with van der Waals surface area (Å²) in [5.74, 6) is 0.189. The van der Waals surface area contributed by atoms with Crippen LogP contribution in [0.15, 0.2) is 66.7 Å². The summed E-state index contributed by atoms with van der Waals surface area (Å²) in [6.45, 7) is 0. The molecule has 0 fully saturated rings. The Labute approximate surface area is 144 Å². The van der Waals surface area contributed by atoms with E-state index in [1.54, 1.807) is 18.2 Å². The number of benzene rings is 4. The van der Waals surface area contributed by atoms with Crippen molar-refractivity contribution >= 4 is 21.5 Å². The predicted molar refractivity (Wildman–Crippen MR) is 98.0 cm³/mol. The minimum atomic E-state index is 0.189. The summed E-state index contributed by atoms with van der Waals surface area (Å²) < 4.78 is 0. The van der Waals surface area contributed by atoms with E-state index in [0.717, 1.165) is 32.7 Å². The highest BCUT2D eigenvalue weighted by Gasteiger charge is 2.13. The second kappa shape index (κ2) is 5.67. The van der Waals surface area contributed by atoms with Gasteiger partial charge in [0.15, 0.2) is 0 Å². The van der Waals surface area contributed by atoms with Crippen molar-refractivity contribution in [1.82, 2.24) is 0 Å². The quantitative estimate of drug-likeness (QED) is 0.530. The van der Waals surface area contributed by atoms with Crippen LogP contribution in [0.5, 0.6) is 5.75 Å². The maximum Gasteiger partial charge on any atom is 0.124 e. The van der Waals surface area contributed by atoms with E-state index in [4.69, 9.17) is 10.5 Å². The third-order valence-electron chi connectivity index (χ3n) is 4.41. The molecule has 4 rings (SSSR count). The number of aromatic hydroxyl groups is 1. The molecule has 1 N–H and O–H groups in total. The molecular formula is C22H12N2O. The number of nitriles is 2. The average molecular weight is 320 g/mol. The fourth-order valence-electron chi connectivity index (χ4n) is 3.24. The SMILES string of the molecule is N#Cc1ccc2c(-c3c(O)ccc4cc(C#N)ccc34)cccc2c1. The highest BCUT2D eigenvalue weighted by atomic mass is 16.3. The van der Waals surface area contributed by atoms with Gasteiger partial charge in [-0.2, -0.15) is 10.5 Å². The van der Waals surface area contributed by atoms with Gasteiger partial charge in [0.25, 0.3) is 0 Å². The Balaban J connectivity index is 2.08. The molecule has 0 heterocycles. The molecule has 4 aromatic carbocycles. The fraction of sp³-hybridized carbons (Fsp3) is 0. The van der Waals surface area contributed by atoms with Crippen molar-refractivity contribution in [2.45, 2.75) is 0 Å². The van der Waals surface area contributed by atoms with Gasteiger partial charge in [0, 0.05) is 5.56 Å². The molecule has 0 amide bonds. The molecule has 25 heavy (non-hydrogen) atoms. The molecule has 0 aliphatic rings. The van der Waals surface area contributed by atoms with Gasteiger partial charge in [0.1, 0.15) is 5.75 Å². The van der Waals surface area contributed by atoms with Crippen molar-refractivity contribution in [2.75, 3.05) is 0 Å². The zero-order chi connectivity index (χ0) is 17.4. The molecule has 3 nitrogen and oxygen atoms in total. The Bertz CT molecular complexity index is 1230. The summed E-state index contributed by atoms with van der Waals surface area (Å²) in [4.78, 5) is 0. The van der Waals surface area contributed by atoms with Crippen molar-refractivity contribution < 1.29 is 5.11 Å². The number of hydrogen-bond acceptors (Lipinski definition) is 3. The lowest BCUT2D eigenvalue weighted by Gasteiger charge is -2.12. The monoisotopic (exact) mass is 320 g/mol. The van der Waals surface area contributed by atoms with Crippen LogP contribution < -0.4 is 0 Å². The lowest BCUT2D eigenvalue weighted by atomic mass is 9.92. The van der Waals surface area contributed by atoms with Gasteiger partial charge >= 0.3 is 0 Å². The second-order valence-corrected chi connectivity index (χ2v) is 5.86. The van der Waals surface area contributed by atoms with Crippen molar-refractivity contribution in [3.63, 3.8) is 0 Å². The van der Waals surface area contributed by atoms with Crippen LogP contribution in [0.2, 0.25) is 0 Å². The van der Waals surface area contributed by atoms with Gasteiger partial charge in [-0.05, 0) is 57.4 Å². The van der Waals surface area contributed by atoms with Gasteiger partial charge in [0.2, 0.25) is 0 Å². The molecule has 4 aromatic rings. The molecule has 0 aromatic heterocycles. The molecule has 0 aliphatic carbocycles. The maximum atomic E-state index is 10.5. The molecule has 0 saturated carbocycles. The summed E-state index contributed by atoms with van der Waals surface area (Å²) in [6.07, 6.45) is 0. The summed E-state index contributed by atoms with van der Waals surface area (Å²) in [6, 6.07) is 24.6. The topological polar surface area (TPSA) is 67.8 Å². The zero-order valence-electron chi connectivity index (χ0n) is 13.2. The first kappa shape index (κ1) is 14.8. The Kier molecular flexibility index (Phi) is 3.35. The number of phenols is 1. The van der Waals surface area contributed by atoms with Gasteiger partial charge in [-0.25, -0.2) is 0 Å². The maximum absolute atomic E-state index is 10.5. The van der Waals surface area contributed by atoms with Gasteiger partial charge in [0.05, 0.1) is 23.3 Å².